The highest BCUT2D eigenvalue weighted by atomic mass is 32.2. The Kier molecular flexibility index (Phi) is 3.17. The molecule has 0 amide bonds. The van der Waals surface area contributed by atoms with E-state index in [-0.39, 0.29) is 5.25 Å². The zero-order valence-electron chi connectivity index (χ0n) is 10.3. The Bertz CT molecular complexity index is 364. The van der Waals surface area contributed by atoms with Crippen LogP contribution in [0.25, 0.3) is 0 Å². The Balaban J connectivity index is 1.56. The van der Waals surface area contributed by atoms with Gasteiger partial charge in [-0.25, -0.2) is 8.42 Å². The van der Waals surface area contributed by atoms with Crippen LogP contribution in [0.5, 0.6) is 0 Å². The van der Waals surface area contributed by atoms with E-state index < -0.39 is 10.0 Å². The molecule has 3 aliphatic rings. The van der Waals surface area contributed by atoms with Gasteiger partial charge in [0.2, 0.25) is 10.0 Å². The standard InChI is InChI=1S/C12H22N2O2S/c15-17(16,12-5-6-12)14-9-7-13(8-10-14)11-3-1-2-4-11/h11-12H,1-10H2. The topological polar surface area (TPSA) is 40.6 Å². The minimum Gasteiger partial charge on any atom is -0.298 e. The maximum atomic E-state index is 12.1. The molecule has 0 atom stereocenters. The molecule has 17 heavy (non-hydrogen) atoms. The van der Waals surface area contributed by atoms with Gasteiger partial charge in [0.15, 0.2) is 0 Å². The van der Waals surface area contributed by atoms with Crippen LogP contribution in [-0.2, 0) is 10.0 Å². The summed E-state index contributed by atoms with van der Waals surface area (Å²) in [6.07, 6.45) is 7.09. The van der Waals surface area contributed by atoms with Gasteiger partial charge in [-0.15, -0.1) is 0 Å². The van der Waals surface area contributed by atoms with Gasteiger partial charge in [-0.05, 0) is 25.7 Å². The van der Waals surface area contributed by atoms with Crippen LogP contribution in [0.1, 0.15) is 38.5 Å². The molecule has 0 radical (unpaired) electrons. The molecule has 2 saturated carbocycles. The molecule has 0 aromatic rings. The quantitative estimate of drug-likeness (QED) is 0.759. The van der Waals surface area contributed by atoms with E-state index in [1.807, 2.05) is 0 Å². The monoisotopic (exact) mass is 258 g/mol. The second-order valence-corrected chi connectivity index (χ2v) is 7.83. The summed E-state index contributed by atoms with van der Waals surface area (Å²) in [6, 6.07) is 0.737. The highest BCUT2D eigenvalue weighted by Crippen LogP contribution is 2.32. The molecule has 3 rings (SSSR count). The second kappa shape index (κ2) is 4.52. The summed E-state index contributed by atoms with van der Waals surface area (Å²) in [5.41, 5.74) is 0. The lowest BCUT2D eigenvalue weighted by Gasteiger charge is -2.37. The van der Waals surface area contributed by atoms with Gasteiger partial charge in [-0.3, -0.25) is 4.90 Å². The van der Waals surface area contributed by atoms with Crippen molar-refractivity contribution >= 4 is 10.0 Å². The van der Waals surface area contributed by atoms with Crippen LogP contribution in [0.15, 0.2) is 0 Å². The summed E-state index contributed by atoms with van der Waals surface area (Å²) in [5.74, 6) is 0. The molecule has 0 N–H and O–H groups in total. The molecule has 1 aliphatic heterocycles. The molecule has 1 saturated heterocycles. The number of piperazine rings is 1. The molecule has 5 heteroatoms. The fourth-order valence-electron chi connectivity index (χ4n) is 3.17. The van der Waals surface area contributed by atoms with Gasteiger partial charge in [-0.2, -0.15) is 4.31 Å². The first-order valence-electron chi connectivity index (χ1n) is 6.91. The first-order chi connectivity index (χ1) is 8.18. The summed E-state index contributed by atoms with van der Waals surface area (Å²) >= 11 is 0. The zero-order valence-corrected chi connectivity index (χ0v) is 11.2. The lowest BCUT2D eigenvalue weighted by atomic mass is 10.2. The molecule has 3 fully saturated rings. The van der Waals surface area contributed by atoms with Crippen LogP contribution in [0.3, 0.4) is 0 Å². The van der Waals surface area contributed by atoms with E-state index in [0.29, 0.717) is 0 Å². The van der Waals surface area contributed by atoms with Crippen molar-refractivity contribution in [3.8, 4) is 0 Å². The minimum atomic E-state index is -2.93. The van der Waals surface area contributed by atoms with Crippen LogP contribution >= 0.6 is 0 Å². The van der Waals surface area contributed by atoms with Crippen molar-refractivity contribution < 1.29 is 8.42 Å². The van der Waals surface area contributed by atoms with Crippen molar-refractivity contribution in [2.45, 2.75) is 49.8 Å². The van der Waals surface area contributed by atoms with E-state index in [1.165, 1.54) is 25.7 Å². The largest absolute Gasteiger partial charge is 0.298 e. The second-order valence-electron chi connectivity index (χ2n) is 5.62. The molecule has 0 spiro atoms. The van der Waals surface area contributed by atoms with Gasteiger partial charge in [0.25, 0.3) is 0 Å². The fourth-order valence-corrected chi connectivity index (χ4v) is 5.00. The average Bonchev–Trinajstić information content (AvgIpc) is 3.07. The average molecular weight is 258 g/mol. The Morgan fingerprint density at radius 1 is 0.824 bits per heavy atom. The zero-order chi connectivity index (χ0) is 11.9. The summed E-state index contributed by atoms with van der Waals surface area (Å²) in [5, 5.41) is -0.0412. The van der Waals surface area contributed by atoms with Crippen LogP contribution in [0.4, 0.5) is 0 Å². The van der Waals surface area contributed by atoms with Crippen LogP contribution in [0.2, 0.25) is 0 Å². The van der Waals surface area contributed by atoms with E-state index in [4.69, 9.17) is 0 Å². The highest BCUT2D eigenvalue weighted by Gasteiger charge is 2.41. The third-order valence-electron chi connectivity index (χ3n) is 4.42. The van der Waals surface area contributed by atoms with E-state index in [0.717, 1.165) is 45.1 Å². The Labute approximate surface area is 104 Å². The van der Waals surface area contributed by atoms with E-state index in [1.54, 1.807) is 4.31 Å². The molecule has 98 valence electrons. The fraction of sp³-hybridized carbons (Fsp3) is 1.00. The highest BCUT2D eigenvalue weighted by molar-refractivity contribution is 7.90. The van der Waals surface area contributed by atoms with Crippen molar-refractivity contribution in [2.24, 2.45) is 0 Å². The predicted molar refractivity (Wildman–Crippen MR) is 67.3 cm³/mol. The third kappa shape index (κ3) is 2.37. The number of hydrogen-bond acceptors (Lipinski definition) is 3. The Morgan fingerprint density at radius 3 is 1.94 bits per heavy atom. The molecule has 4 nitrogen and oxygen atoms in total. The molecule has 0 unspecified atom stereocenters. The van der Waals surface area contributed by atoms with Crippen LogP contribution < -0.4 is 0 Å². The van der Waals surface area contributed by atoms with Crippen molar-refractivity contribution in [3.05, 3.63) is 0 Å². The molecular weight excluding hydrogens is 236 g/mol. The summed E-state index contributed by atoms with van der Waals surface area (Å²) in [4.78, 5) is 2.51. The molecule has 0 aromatic carbocycles. The van der Waals surface area contributed by atoms with Crippen molar-refractivity contribution in [1.82, 2.24) is 9.21 Å². The molecule has 2 aliphatic carbocycles. The smallest absolute Gasteiger partial charge is 0.217 e. The summed E-state index contributed by atoms with van der Waals surface area (Å²) < 4.78 is 25.9. The van der Waals surface area contributed by atoms with E-state index in [2.05, 4.69) is 4.90 Å². The van der Waals surface area contributed by atoms with E-state index >= 15 is 0 Å². The van der Waals surface area contributed by atoms with Crippen molar-refractivity contribution in [3.63, 3.8) is 0 Å². The van der Waals surface area contributed by atoms with Crippen LogP contribution in [-0.4, -0.2) is 55.1 Å². The van der Waals surface area contributed by atoms with Crippen LogP contribution in [0, 0.1) is 0 Å². The minimum absolute atomic E-state index is 0.0412. The number of nitrogens with zero attached hydrogens (tertiary/aromatic N) is 2. The van der Waals surface area contributed by atoms with Gasteiger partial charge in [0.05, 0.1) is 5.25 Å². The predicted octanol–water partition coefficient (Wildman–Crippen LogP) is 1.04. The lowest BCUT2D eigenvalue weighted by Crippen LogP contribution is -2.52. The maximum Gasteiger partial charge on any atom is 0.217 e. The normalized spacial score (nSPS) is 29.9. The Hall–Kier alpha value is -0.130. The van der Waals surface area contributed by atoms with Gasteiger partial charge in [-0.1, -0.05) is 12.8 Å². The summed E-state index contributed by atoms with van der Waals surface area (Å²) in [7, 11) is -2.93. The Morgan fingerprint density at radius 2 is 1.41 bits per heavy atom. The lowest BCUT2D eigenvalue weighted by molar-refractivity contribution is 0.139. The number of sulfonamides is 1. The molecular formula is C12H22N2O2S. The van der Waals surface area contributed by atoms with Crippen molar-refractivity contribution in [1.29, 1.82) is 0 Å². The first kappa shape index (κ1) is 11.9. The molecule has 0 aromatic heterocycles. The number of hydrogen-bond donors (Lipinski definition) is 0. The first-order valence-corrected chi connectivity index (χ1v) is 8.41. The third-order valence-corrected chi connectivity index (χ3v) is 6.82. The van der Waals surface area contributed by atoms with Gasteiger partial charge in [0, 0.05) is 32.2 Å². The van der Waals surface area contributed by atoms with Crippen molar-refractivity contribution in [2.75, 3.05) is 26.2 Å². The van der Waals surface area contributed by atoms with E-state index in [9.17, 15) is 8.42 Å². The summed E-state index contributed by atoms with van der Waals surface area (Å²) in [6.45, 7) is 3.32. The van der Waals surface area contributed by atoms with Gasteiger partial charge < -0.3 is 0 Å². The molecule has 1 heterocycles. The maximum absolute atomic E-state index is 12.1. The molecule has 0 bridgehead atoms. The van der Waals surface area contributed by atoms with Gasteiger partial charge in [0.1, 0.15) is 0 Å². The SMILES string of the molecule is O=S(=O)(C1CC1)N1CCN(C2CCCC2)CC1. The van der Waals surface area contributed by atoms with Gasteiger partial charge >= 0.3 is 0 Å². The number of rotatable bonds is 3.